The van der Waals surface area contributed by atoms with E-state index in [4.69, 9.17) is 14.2 Å². The van der Waals surface area contributed by atoms with Crippen molar-refractivity contribution < 1.29 is 23.8 Å². The minimum atomic E-state index is -0.401. The average molecular weight is 458 g/mol. The number of methoxy groups -OCH3 is 3. The van der Waals surface area contributed by atoms with Gasteiger partial charge in [-0.25, -0.2) is 14.3 Å². The van der Waals surface area contributed by atoms with Crippen LogP contribution in [0, 0.1) is 0 Å². The number of ether oxygens (including phenoxy) is 3. The van der Waals surface area contributed by atoms with E-state index in [1.54, 1.807) is 54.1 Å². The molecule has 1 amide bonds. The third-order valence-corrected chi connectivity index (χ3v) is 5.90. The Hall–Kier alpha value is -4.40. The molecule has 3 heterocycles. The SMILES string of the molecule is COC(=O)c1ccc2c(c1)CCN2C(=O)c1cc2nccc(-c3ccc(OC)c(OC)c3)n2n1. The third-order valence-electron chi connectivity index (χ3n) is 5.90. The van der Waals surface area contributed by atoms with Crippen molar-refractivity contribution in [3.05, 3.63) is 71.5 Å². The van der Waals surface area contributed by atoms with E-state index in [9.17, 15) is 9.59 Å². The Labute approximate surface area is 195 Å². The zero-order valence-corrected chi connectivity index (χ0v) is 18.9. The summed E-state index contributed by atoms with van der Waals surface area (Å²) >= 11 is 0. The van der Waals surface area contributed by atoms with E-state index >= 15 is 0 Å². The van der Waals surface area contributed by atoms with Crippen LogP contribution in [0.25, 0.3) is 16.9 Å². The second-order valence-corrected chi connectivity index (χ2v) is 7.74. The Morgan fingerprint density at radius 2 is 1.76 bits per heavy atom. The first-order valence-corrected chi connectivity index (χ1v) is 10.6. The van der Waals surface area contributed by atoms with Crippen molar-refractivity contribution in [1.82, 2.24) is 14.6 Å². The first-order valence-electron chi connectivity index (χ1n) is 10.6. The molecular weight excluding hydrogens is 436 g/mol. The molecule has 172 valence electrons. The number of benzene rings is 2. The molecule has 0 fully saturated rings. The molecule has 1 aliphatic heterocycles. The number of fused-ring (bicyclic) bond motifs is 2. The molecule has 0 bridgehead atoms. The lowest BCUT2D eigenvalue weighted by molar-refractivity contribution is 0.0600. The van der Waals surface area contributed by atoms with E-state index in [-0.39, 0.29) is 11.6 Å². The summed E-state index contributed by atoms with van der Waals surface area (Å²) in [6.07, 6.45) is 2.32. The number of aromatic nitrogens is 3. The lowest BCUT2D eigenvalue weighted by Crippen LogP contribution is -2.29. The molecule has 5 rings (SSSR count). The van der Waals surface area contributed by atoms with Crippen molar-refractivity contribution in [3.8, 4) is 22.8 Å². The number of amides is 1. The van der Waals surface area contributed by atoms with E-state index in [1.807, 2.05) is 24.3 Å². The van der Waals surface area contributed by atoms with Gasteiger partial charge in [-0.05, 0) is 54.4 Å². The first-order chi connectivity index (χ1) is 16.5. The van der Waals surface area contributed by atoms with Gasteiger partial charge in [-0.3, -0.25) is 4.79 Å². The number of anilines is 1. The topological polar surface area (TPSA) is 95.3 Å². The summed E-state index contributed by atoms with van der Waals surface area (Å²) in [5, 5.41) is 4.58. The maximum Gasteiger partial charge on any atom is 0.337 e. The number of esters is 1. The fourth-order valence-corrected chi connectivity index (χ4v) is 4.21. The van der Waals surface area contributed by atoms with Crippen LogP contribution in [0.5, 0.6) is 11.5 Å². The molecule has 0 saturated heterocycles. The van der Waals surface area contributed by atoms with E-state index < -0.39 is 5.97 Å². The van der Waals surface area contributed by atoms with Gasteiger partial charge in [-0.2, -0.15) is 5.10 Å². The molecule has 34 heavy (non-hydrogen) atoms. The maximum absolute atomic E-state index is 13.4. The summed E-state index contributed by atoms with van der Waals surface area (Å²) in [5.74, 6) is 0.583. The van der Waals surface area contributed by atoms with E-state index in [1.165, 1.54) is 7.11 Å². The number of hydrogen-bond acceptors (Lipinski definition) is 7. The molecule has 4 aromatic rings. The van der Waals surface area contributed by atoms with Gasteiger partial charge in [0.25, 0.3) is 5.91 Å². The lowest BCUT2D eigenvalue weighted by Gasteiger charge is -2.16. The highest BCUT2D eigenvalue weighted by Gasteiger charge is 2.28. The molecule has 0 atom stereocenters. The zero-order valence-electron chi connectivity index (χ0n) is 18.9. The van der Waals surface area contributed by atoms with Gasteiger partial charge >= 0.3 is 5.97 Å². The van der Waals surface area contributed by atoms with Crippen molar-refractivity contribution in [2.45, 2.75) is 6.42 Å². The number of hydrogen-bond donors (Lipinski definition) is 0. The maximum atomic E-state index is 13.4. The van der Waals surface area contributed by atoms with E-state index in [0.717, 1.165) is 22.5 Å². The van der Waals surface area contributed by atoms with Crippen LogP contribution < -0.4 is 14.4 Å². The Morgan fingerprint density at radius 1 is 0.941 bits per heavy atom. The molecule has 2 aromatic heterocycles. The van der Waals surface area contributed by atoms with Gasteiger partial charge in [0.15, 0.2) is 22.8 Å². The summed E-state index contributed by atoms with van der Waals surface area (Å²) in [6.45, 7) is 0.503. The Morgan fingerprint density at radius 3 is 2.53 bits per heavy atom. The predicted octanol–water partition coefficient (Wildman–Crippen LogP) is 3.40. The molecule has 0 saturated carbocycles. The normalized spacial score (nSPS) is 12.5. The predicted molar refractivity (Wildman–Crippen MR) is 125 cm³/mol. The number of carbonyl (C=O) groups excluding carboxylic acids is 2. The van der Waals surface area contributed by atoms with Gasteiger partial charge in [0.1, 0.15) is 0 Å². The highest BCUT2D eigenvalue weighted by Crippen LogP contribution is 2.33. The molecule has 1 aliphatic rings. The first kappa shape index (κ1) is 21.4. The lowest BCUT2D eigenvalue weighted by atomic mass is 10.1. The third kappa shape index (κ3) is 3.51. The fraction of sp³-hybridized carbons (Fsp3) is 0.200. The van der Waals surface area contributed by atoms with Gasteiger partial charge in [0, 0.05) is 30.1 Å². The standard InChI is InChI=1S/C25H22N4O5/c1-32-21-7-5-15(13-22(21)33-2)20-8-10-26-23-14-18(27-29(20)23)24(30)28-11-9-16-12-17(25(31)34-3)4-6-19(16)28/h4-8,10,12-14H,9,11H2,1-3H3. The molecule has 0 spiro atoms. The van der Waals surface area contributed by atoms with Crippen molar-refractivity contribution in [2.24, 2.45) is 0 Å². The monoisotopic (exact) mass is 458 g/mol. The van der Waals surface area contributed by atoms with Crippen LogP contribution in [0.1, 0.15) is 26.4 Å². The van der Waals surface area contributed by atoms with Gasteiger partial charge in [-0.15, -0.1) is 0 Å². The molecule has 0 unspecified atom stereocenters. The van der Waals surface area contributed by atoms with Crippen molar-refractivity contribution in [2.75, 3.05) is 32.8 Å². The van der Waals surface area contributed by atoms with Crippen molar-refractivity contribution in [1.29, 1.82) is 0 Å². The highest BCUT2D eigenvalue weighted by molar-refractivity contribution is 6.07. The van der Waals surface area contributed by atoms with E-state index in [2.05, 4.69) is 10.1 Å². The summed E-state index contributed by atoms with van der Waals surface area (Å²) in [4.78, 5) is 31.3. The van der Waals surface area contributed by atoms with Crippen molar-refractivity contribution >= 4 is 23.2 Å². The molecule has 0 aliphatic carbocycles. The number of nitrogens with zero attached hydrogens (tertiary/aromatic N) is 4. The van der Waals surface area contributed by atoms with Crippen LogP contribution in [0.4, 0.5) is 5.69 Å². The van der Waals surface area contributed by atoms with Crippen LogP contribution in [0.3, 0.4) is 0 Å². The highest BCUT2D eigenvalue weighted by atomic mass is 16.5. The minimum Gasteiger partial charge on any atom is -0.493 e. The average Bonchev–Trinajstić information content (AvgIpc) is 3.51. The van der Waals surface area contributed by atoms with Gasteiger partial charge in [-0.1, -0.05) is 0 Å². The van der Waals surface area contributed by atoms with Crippen molar-refractivity contribution in [3.63, 3.8) is 0 Å². The molecule has 0 radical (unpaired) electrons. The van der Waals surface area contributed by atoms with Crippen LogP contribution in [0.15, 0.2) is 54.7 Å². The van der Waals surface area contributed by atoms with Crippen LogP contribution in [0.2, 0.25) is 0 Å². The van der Waals surface area contributed by atoms with E-state index in [0.29, 0.717) is 35.7 Å². The number of rotatable bonds is 5. The Bertz CT molecular complexity index is 1430. The summed E-state index contributed by atoms with van der Waals surface area (Å²) in [6, 6.07) is 14.3. The molecule has 9 heteroatoms. The Kier molecular flexibility index (Phi) is 5.37. The van der Waals surface area contributed by atoms with Gasteiger partial charge < -0.3 is 19.1 Å². The quantitative estimate of drug-likeness (QED) is 0.423. The summed E-state index contributed by atoms with van der Waals surface area (Å²) in [5.41, 5.74) is 4.59. The minimum absolute atomic E-state index is 0.228. The molecular formula is C25H22N4O5. The van der Waals surface area contributed by atoms with Crippen LogP contribution in [-0.4, -0.2) is 54.3 Å². The zero-order chi connectivity index (χ0) is 23.8. The largest absolute Gasteiger partial charge is 0.493 e. The van der Waals surface area contributed by atoms with Gasteiger partial charge in [0.2, 0.25) is 0 Å². The summed E-state index contributed by atoms with van der Waals surface area (Å²) in [7, 11) is 4.51. The summed E-state index contributed by atoms with van der Waals surface area (Å²) < 4.78 is 17.2. The molecule has 0 N–H and O–H groups in total. The second kappa shape index (κ2) is 8.51. The smallest absolute Gasteiger partial charge is 0.337 e. The van der Waals surface area contributed by atoms with Crippen LogP contribution >= 0.6 is 0 Å². The van der Waals surface area contributed by atoms with Gasteiger partial charge in [0.05, 0.1) is 32.6 Å². The molecule has 2 aromatic carbocycles. The van der Waals surface area contributed by atoms with Crippen LogP contribution in [-0.2, 0) is 11.2 Å². The molecule has 9 nitrogen and oxygen atoms in total. The Balaban J connectivity index is 1.50. The second-order valence-electron chi connectivity index (χ2n) is 7.74. The fourth-order valence-electron chi connectivity index (χ4n) is 4.21. The number of carbonyl (C=O) groups is 2.